The van der Waals surface area contributed by atoms with Crippen molar-refractivity contribution in [2.45, 2.75) is 32.2 Å². The third kappa shape index (κ3) is 10.1. The van der Waals surface area contributed by atoms with Crippen molar-refractivity contribution in [3.05, 3.63) is 0 Å². The molecule has 0 bridgehead atoms. The molecular formula is C7H19NO3Si. The molecule has 4 nitrogen and oxygen atoms in total. The molecule has 0 saturated carbocycles. The summed E-state index contributed by atoms with van der Waals surface area (Å²) in [4.78, 5) is 25.9. The van der Waals surface area contributed by atoms with E-state index in [-0.39, 0.29) is 6.04 Å². The van der Waals surface area contributed by atoms with Gasteiger partial charge in [0.15, 0.2) is 0 Å². The van der Waals surface area contributed by atoms with Crippen molar-refractivity contribution in [1.29, 1.82) is 0 Å². The van der Waals surface area contributed by atoms with Crippen LogP contribution in [0.25, 0.3) is 0 Å². The first kappa shape index (κ1) is 12.1. The van der Waals surface area contributed by atoms with E-state index in [1.54, 1.807) is 0 Å². The monoisotopic (exact) mass is 193 g/mol. The zero-order chi connectivity index (χ0) is 9.45. The molecule has 0 aromatic heterocycles. The van der Waals surface area contributed by atoms with E-state index >= 15 is 0 Å². The summed E-state index contributed by atoms with van der Waals surface area (Å²) in [6.07, 6.45) is 2.92. The van der Waals surface area contributed by atoms with Gasteiger partial charge in [-0.25, -0.2) is 0 Å². The fourth-order valence-electron chi connectivity index (χ4n) is 0.877. The maximum absolute atomic E-state index is 8.64. The van der Waals surface area contributed by atoms with Crippen molar-refractivity contribution >= 4 is 8.80 Å². The predicted octanol–water partition coefficient (Wildman–Crippen LogP) is -0.318. The fraction of sp³-hybridized carbons (Fsp3) is 1.00. The SMILES string of the molecule is CCCCNCCC[Si](O)(O)O. The number of rotatable bonds is 7. The molecule has 0 rings (SSSR count). The minimum Gasteiger partial charge on any atom is -0.390 e. The molecule has 0 aliphatic carbocycles. The van der Waals surface area contributed by atoms with Gasteiger partial charge in [-0.3, -0.25) is 0 Å². The molecule has 0 heterocycles. The number of hydrogen-bond donors (Lipinski definition) is 4. The zero-order valence-electron chi connectivity index (χ0n) is 7.58. The first-order valence-corrected chi connectivity index (χ1v) is 6.49. The molecule has 0 unspecified atom stereocenters. The summed E-state index contributed by atoms with van der Waals surface area (Å²) in [5, 5.41) is 3.15. The molecule has 74 valence electrons. The van der Waals surface area contributed by atoms with Crippen molar-refractivity contribution < 1.29 is 14.4 Å². The molecule has 4 N–H and O–H groups in total. The van der Waals surface area contributed by atoms with E-state index in [2.05, 4.69) is 12.2 Å². The average Bonchev–Trinajstić information content (AvgIpc) is 1.94. The molecule has 0 aromatic carbocycles. The topological polar surface area (TPSA) is 72.7 Å². The van der Waals surface area contributed by atoms with Crippen molar-refractivity contribution in [1.82, 2.24) is 5.32 Å². The summed E-state index contributed by atoms with van der Waals surface area (Å²) in [6.45, 7) is 3.83. The Morgan fingerprint density at radius 3 is 2.17 bits per heavy atom. The van der Waals surface area contributed by atoms with E-state index in [0.717, 1.165) is 25.9 Å². The van der Waals surface area contributed by atoms with Gasteiger partial charge in [-0.1, -0.05) is 13.3 Å². The van der Waals surface area contributed by atoms with Crippen molar-refractivity contribution in [3.63, 3.8) is 0 Å². The number of unbranched alkanes of at least 4 members (excludes halogenated alkanes) is 1. The van der Waals surface area contributed by atoms with Gasteiger partial charge < -0.3 is 19.7 Å². The molecule has 0 aliphatic rings. The van der Waals surface area contributed by atoms with Gasteiger partial charge in [-0.15, -0.1) is 0 Å². The number of hydrogen-bond acceptors (Lipinski definition) is 4. The van der Waals surface area contributed by atoms with Gasteiger partial charge in [0.05, 0.1) is 0 Å². The van der Waals surface area contributed by atoms with Gasteiger partial charge in [0.1, 0.15) is 0 Å². The predicted molar refractivity (Wildman–Crippen MR) is 49.6 cm³/mol. The lowest BCUT2D eigenvalue weighted by atomic mass is 10.3. The summed E-state index contributed by atoms with van der Waals surface area (Å²) in [5.41, 5.74) is 0. The van der Waals surface area contributed by atoms with Crippen LogP contribution in [-0.4, -0.2) is 36.3 Å². The van der Waals surface area contributed by atoms with Crippen LogP contribution in [0, 0.1) is 0 Å². The van der Waals surface area contributed by atoms with Gasteiger partial charge in [-0.05, 0) is 25.9 Å². The Kier molecular flexibility index (Phi) is 6.59. The van der Waals surface area contributed by atoms with Crippen molar-refractivity contribution in [2.24, 2.45) is 0 Å². The average molecular weight is 193 g/mol. The first-order valence-electron chi connectivity index (χ1n) is 4.44. The Balaban J connectivity index is 3.01. The summed E-state index contributed by atoms with van der Waals surface area (Å²) in [5.74, 6) is 0. The lowest BCUT2D eigenvalue weighted by Gasteiger charge is -2.08. The quantitative estimate of drug-likeness (QED) is 0.330. The molecule has 0 saturated heterocycles. The molecule has 5 heteroatoms. The Morgan fingerprint density at radius 2 is 1.67 bits per heavy atom. The zero-order valence-corrected chi connectivity index (χ0v) is 8.58. The van der Waals surface area contributed by atoms with Crippen LogP contribution < -0.4 is 5.32 Å². The van der Waals surface area contributed by atoms with Crippen LogP contribution in [0.3, 0.4) is 0 Å². The molecule has 12 heavy (non-hydrogen) atoms. The molecule has 0 radical (unpaired) electrons. The highest BCUT2D eigenvalue weighted by atomic mass is 28.4. The van der Waals surface area contributed by atoms with Crippen LogP contribution >= 0.6 is 0 Å². The van der Waals surface area contributed by atoms with Crippen LogP contribution in [0.4, 0.5) is 0 Å². The van der Waals surface area contributed by atoms with Gasteiger partial charge in [0.2, 0.25) is 0 Å². The van der Waals surface area contributed by atoms with Crippen LogP contribution in [-0.2, 0) is 0 Å². The molecule has 0 amide bonds. The van der Waals surface area contributed by atoms with Gasteiger partial charge in [0.25, 0.3) is 0 Å². The Morgan fingerprint density at radius 1 is 1.08 bits per heavy atom. The molecule has 0 aliphatic heterocycles. The Hall–Kier alpha value is 0.0569. The largest absolute Gasteiger partial charge is 0.492 e. The van der Waals surface area contributed by atoms with E-state index in [0.29, 0.717) is 6.42 Å². The lowest BCUT2D eigenvalue weighted by Crippen LogP contribution is -2.35. The second-order valence-electron chi connectivity index (χ2n) is 2.98. The summed E-state index contributed by atoms with van der Waals surface area (Å²) in [6, 6.07) is 0.131. The van der Waals surface area contributed by atoms with E-state index in [9.17, 15) is 0 Å². The molecule has 0 aromatic rings. The van der Waals surface area contributed by atoms with E-state index in [1.807, 2.05) is 0 Å². The van der Waals surface area contributed by atoms with Crippen LogP contribution in [0.1, 0.15) is 26.2 Å². The molecule has 0 atom stereocenters. The third-order valence-electron chi connectivity index (χ3n) is 1.57. The smallest absolute Gasteiger partial charge is 0.390 e. The van der Waals surface area contributed by atoms with E-state index in [4.69, 9.17) is 14.4 Å². The minimum atomic E-state index is -3.77. The molecule has 0 spiro atoms. The Bertz CT molecular complexity index is 105. The highest BCUT2D eigenvalue weighted by Crippen LogP contribution is 1.99. The van der Waals surface area contributed by atoms with Crippen LogP contribution in [0.5, 0.6) is 0 Å². The standard InChI is InChI=1S/C7H19NO3Si/c1-2-3-5-8-6-4-7-12(9,10)11/h8-11H,2-7H2,1H3. The maximum Gasteiger partial charge on any atom is 0.492 e. The van der Waals surface area contributed by atoms with Crippen LogP contribution in [0.2, 0.25) is 6.04 Å². The van der Waals surface area contributed by atoms with Crippen molar-refractivity contribution in [2.75, 3.05) is 13.1 Å². The summed E-state index contributed by atoms with van der Waals surface area (Å²) in [7, 11) is -3.77. The van der Waals surface area contributed by atoms with Crippen molar-refractivity contribution in [3.8, 4) is 0 Å². The summed E-state index contributed by atoms with van der Waals surface area (Å²) >= 11 is 0. The summed E-state index contributed by atoms with van der Waals surface area (Å²) < 4.78 is 0. The number of nitrogens with one attached hydrogen (secondary N) is 1. The van der Waals surface area contributed by atoms with E-state index < -0.39 is 8.80 Å². The van der Waals surface area contributed by atoms with Gasteiger partial charge in [-0.2, -0.15) is 0 Å². The third-order valence-corrected chi connectivity index (χ3v) is 2.60. The van der Waals surface area contributed by atoms with Crippen LogP contribution in [0.15, 0.2) is 0 Å². The van der Waals surface area contributed by atoms with Gasteiger partial charge >= 0.3 is 8.80 Å². The Labute approximate surface area is 74.6 Å². The fourth-order valence-corrected chi connectivity index (χ4v) is 1.53. The maximum atomic E-state index is 8.64. The second kappa shape index (κ2) is 6.56. The van der Waals surface area contributed by atoms with E-state index in [1.165, 1.54) is 0 Å². The minimum absolute atomic E-state index is 0.131. The molecular weight excluding hydrogens is 174 g/mol. The second-order valence-corrected chi connectivity index (χ2v) is 5.03. The lowest BCUT2D eigenvalue weighted by molar-refractivity contribution is 0.226. The normalized spacial score (nSPS) is 12.0. The molecule has 0 fully saturated rings. The highest BCUT2D eigenvalue weighted by Gasteiger charge is 2.25. The van der Waals surface area contributed by atoms with Gasteiger partial charge in [0, 0.05) is 6.04 Å². The first-order chi connectivity index (χ1) is 5.56. The highest BCUT2D eigenvalue weighted by molar-refractivity contribution is 6.56.